The van der Waals surface area contributed by atoms with Gasteiger partial charge in [-0.25, -0.2) is 0 Å². The zero-order valence-electron chi connectivity index (χ0n) is 47.0. The minimum Gasteiger partial charge on any atom is -0.756 e. The number of rotatable bonds is 57. The Balaban J connectivity index is 3.76. The fourth-order valence-corrected chi connectivity index (χ4v) is 10.2. The van der Waals surface area contributed by atoms with Crippen molar-refractivity contribution in [3.63, 3.8) is 0 Å². The van der Waals surface area contributed by atoms with E-state index in [9.17, 15) is 19.4 Å². The van der Waals surface area contributed by atoms with Crippen molar-refractivity contribution in [1.29, 1.82) is 0 Å². The van der Waals surface area contributed by atoms with Gasteiger partial charge in [-0.3, -0.25) is 9.36 Å². The zero-order chi connectivity index (χ0) is 50.6. The Morgan fingerprint density at radius 3 is 1.09 bits per heavy atom. The summed E-state index contributed by atoms with van der Waals surface area (Å²) in [6, 6.07) is -0.880. The van der Waals surface area contributed by atoms with Gasteiger partial charge in [0.2, 0.25) is 5.91 Å². The van der Waals surface area contributed by atoms with Crippen molar-refractivity contribution in [2.75, 3.05) is 40.9 Å². The first kappa shape index (κ1) is 68.2. The van der Waals surface area contributed by atoms with Gasteiger partial charge >= 0.3 is 0 Å². The molecule has 0 aliphatic carbocycles. The van der Waals surface area contributed by atoms with Gasteiger partial charge in [0.25, 0.3) is 7.82 Å². The van der Waals surface area contributed by atoms with Gasteiger partial charge in [0.15, 0.2) is 0 Å². The predicted octanol–water partition coefficient (Wildman–Crippen LogP) is 18.0. The van der Waals surface area contributed by atoms with Crippen molar-refractivity contribution in [3.05, 3.63) is 12.2 Å². The fourth-order valence-electron chi connectivity index (χ4n) is 9.45. The van der Waals surface area contributed by atoms with Crippen molar-refractivity contribution < 1.29 is 32.9 Å². The van der Waals surface area contributed by atoms with Crippen LogP contribution in [0.2, 0.25) is 0 Å². The van der Waals surface area contributed by atoms with Crippen molar-refractivity contribution in [2.45, 2.75) is 328 Å². The van der Waals surface area contributed by atoms with Crippen molar-refractivity contribution in [3.8, 4) is 0 Å². The standard InChI is InChI=1S/C60H121N2O6P/c1-6-8-10-12-14-16-17-18-19-20-21-22-23-24-25-26-27-28-29-30-31-32-33-34-35-36-37-38-39-40-41-42-43-44-46-48-50-52-54-60(64)61-58(57-68-69(65,66)67-56-55-62(3,4)5)59(63)53-51-49-47-45-15-13-11-9-7-2/h51,53,58-59,63H,6-50,52,54-57H2,1-5H3,(H-,61,64,65,66)/b53-51+. The number of likely N-dealkylation sites (N-methyl/N-ethyl adjacent to an activating group) is 1. The number of hydrogen-bond donors (Lipinski definition) is 2. The van der Waals surface area contributed by atoms with Gasteiger partial charge in [-0.1, -0.05) is 302 Å². The highest BCUT2D eigenvalue weighted by Crippen LogP contribution is 2.38. The molecule has 2 N–H and O–H groups in total. The lowest BCUT2D eigenvalue weighted by atomic mass is 10.0. The second-order valence-corrected chi connectivity index (χ2v) is 23.8. The maximum absolute atomic E-state index is 12.9. The topological polar surface area (TPSA) is 108 Å². The SMILES string of the molecule is CCCCCCCCC/C=C/C(O)C(COP(=O)([O-])OCC[N+](C)(C)C)NC(=O)CCCCCCCCCCCCCCCCCCCCCCCCCCCCCCCCCCCCCCCC. The molecular weight excluding hydrogens is 876 g/mol. The van der Waals surface area contributed by atoms with Crippen LogP contribution in [0.15, 0.2) is 12.2 Å². The largest absolute Gasteiger partial charge is 0.756 e. The molecule has 0 aliphatic heterocycles. The molecule has 0 aromatic heterocycles. The number of allylic oxidation sites excluding steroid dienone is 1. The van der Waals surface area contributed by atoms with E-state index < -0.39 is 20.0 Å². The number of phosphoric acid groups is 1. The summed E-state index contributed by atoms with van der Waals surface area (Å²) in [5.74, 6) is -0.193. The summed E-state index contributed by atoms with van der Waals surface area (Å²) < 4.78 is 23.2. The summed E-state index contributed by atoms with van der Waals surface area (Å²) in [4.78, 5) is 25.4. The molecule has 9 heteroatoms. The van der Waals surface area contributed by atoms with Crippen LogP contribution in [0.25, 0.3) is 0 Å². The maximum Gasteiger partial charge on any atom is 0.268 e. The third-order valence-corrected chi connectivity index (χ3v) is 15.2. The highest BCUT2D eigenvalue weighted by Gasteiger charge is 2.23. The second kappa shape index (κ2) is 52.1. The third-order valence-electron chi connectivity index (χ3n) is 14.2. The monoisotopic (exact) mass is 997 g/mol. The molecule has 69 heavy (non-hydrogen) atoms. The van der Waals surface area contributed by atoms with Gasteiger partial charge in [0.1, 0.15) is 13.2 Å². The molecule has 3 unspecified atom stereocenters. The zero-order valence-corrected chi connectivity index (χ0v) is 47.9. The second-order valence-electron chi connectivity index (χ2n) is 22.4. The van der Waals surface area contributed by atoms with Crippen LogP contribution in [0, 0.1) is 0 Å². The molecule has 0 aromatic carbocycles. The summed E-state index contributed by atoms with van der Waals surface area (Å²) in [5.41, 5.74) is 0. The number of hydrogen-bond acceptors (Lipinski definition) is 6. The van der Waals surface area contributed by atoms with E-state index in [-0.39, 0.29) is 19.1 Å². The van der Waals surface area contributed by atoms with E-state index in [2.05, 4.69) is 19.2 Å². The van der Waals surface area contributed by atoms with Crippen LogP contribution in [0.5, 0.6) is 0 Å². The van der Waals surface area contributed by atoms with Crippen molar-refractivity contribution in [2.24, 2.45) is 0 Å². The molecule has 0 fully saturated rings. The van der Waals surface area contributed by atoms with Crippen LogP contribution in [0.1, 0.15) is 316 Å². The van der Waals surface area contributed by atoms with E-state index in [0.29, 0.717) is 17.4 Å². The molecule has 1 amide bonds. The molecule has 0 aliphatic rings. The molecule has 0 spiro atoms. The van der Waals surface area contributed by atoms with Crippen LogP contribution in [-0.2, 0) is 18.4 Å². The Labute approximate surface area is 431 Å². The molecule has 0 rings (SSSR count). The summed E-state index contributed by atoms with van der Waals surface area (Å²) in [5, 5.41) is 13.8. The van der Waals surface area contributed by atoms with Crippen molar-refractivity contribution in [1.82, 2.24) is 5.32 Å². The minimum absolute atomic E-state index is 0.00197. The number of nitrogens with zero attached hydrogens (tertiary/aromatic N) is 1. The van der Waals surface area contributed by atoms with E-state index in [1.807, 2.05) is 27.2 Å². The normalized spacial score (nSPS) is 13.9. The van der Waals surface area contributed by atoms with E-state index in [0.717, 1.165) is 38.5 Å². The van der Waals surface area contributed by atoms with Gasteiger partial charge in [-0.2, -0.15) is 0 Å². The number of nitrogens with one attached hydrogen (secondary N) is 1. The molecule has 0 aromatic rings. The molecule has 0 saturated heterocycles. The van der Waals surface area contributed by atoms with Gasteiger partial charge in [0.05, 0.1) is 39.9 Å². The van der Waals surface area contributed by atoms with E-state index >= 15 is 0 Å². The third kappa shape index (κ3) is 54.8. The Kier molecular flexibility index (Phi) is 51.5. The average molecular weight is 998 g/mol. The number of aliphatic hydroxyl groups is 1. The number of carbonyl (C=O) groups excluding carboxylic acids is 1. The molecular formula is C60H121N2O6P. The summed E-state index contributed by atoms with van der Waals surface area (Å²) in [6.07, 6.45) is 64.9. The first-order chi connectivity index (χ1) is 33.5. The molecule has 0 saturated carbocycles. The van der Waals surface area contributed by atoms with E-state index in [1.165, 1.54) is 257 Å². The van der Waals surface area contributed by atoms with Crippen LogP contribution in [0.3, 0.4) is 0 Å². The lowest BCUT2D eigenvalue weighted by Gasteiger charge is -2.29. The first-order valence-corrected chi connectivity index (χ1v) is 32.0. The van der Waals surface area contributed by atoms with Crippen LogP contribution in [-0.4, -0.2) is 68.5 Å². The van der Waals surface area contributed by atoms with Crippen LogP contribution >= 0.6 is 7.82 Å². The van der Waals surface area contributed by atoms with Crippen molar-refractivity contribution >= 4 is 13.7 Å². The quantitative estimate of drug-likeness (QED) is 0.0272. The number of quaternary nitrogens is 1. The number of amides is 1. The Morgan fingerprint density at radius 1 is 0.493 bits per heavy atom. The molecule has 8 nitrogen and oxygen atoms in total. The first-order valence-electron chi connectivity index (χ1n) is 30.6. The summed E-state index contributed by atoms with van der Waals surface area (Å²) >= 11 is 0. The number of unbranched alkanes of at least 4 members (excludes halogenated alkanes) is 44. The highest BCUT2D eigenvalue weighted by molar-refractivity contribution is 7.45. The lowest BCUT2D eigenvalue weighted by Crippen LogP contribution is -2.45. The average Bonchev–Trinajstić information content (AvgIpc) is 3.31. The minimum atomic E-state index is -4.58. The Hall–Kier alpha value is -0.760. The highest BCUT2D eigenvalue weighted by atomic mass is 31.2. The number of carbonyl (C=O) groups is 1. The van der Waals surface area contributed by atoms with Gasteiger partial charge in [-0.05, 0) is 19.3 Å². The lowest BCUT2D eigenvalue weighted by molar-refractivity contribution is -0.870. The molecule has 0 radical (unpaired) electrons. The Bertz CT molecular complexity index is 1130. The van der Waals surface area contributed by atoms with E-state index in [1.54, 1.807) is 6.08 Å². The van der Waals surface area contributed by atoms with Gasteiger partial charge in [-0.15, -0.1) is 0 Å². The Morgan fingerprint density at radius 2 is 0.783 bits per heavy atom. The molecule has 412 valence electrons. The number of aliphatic hydroxyl groups excluding tert-OH is 1. The van der Waals surface area contributed by atoms with Crippen LogP contribution < -0.4 is 10.2 Å². The fraction of sp³-hybridized carbons (Fsp3) is 0.950. The van der Waals surface area contributed by atoms with Gasteiger partial charge in [0, 0.05) is 6.42 Å². The number of phosphoric ester groups is 1. The van der Waals surface area contributed by atoms with E-state index in [4.69, 9.17) is 9.05 Å². The maximum atomic E-state index is 12.9. The molecule has 0 bridgehead atoms. The van der Waals surface area contributed by atoms with Gasteiger partial charge < -0.3 is 28.8 Å². The molecule has 0 heterocycles. The molecule has 3 atom stereocenters. The smallest absolute Gasteiger partial charge is 0.268 e. The summed E-state index contributed by atoms with van der Waals surface area (Å²) in [7, 11) is 1.27. The predicted molar refractivity (Wildman–Crippen MR) is 298 cm³/mol. The van der Waals surface area contributed by atoms with Crippen LogP contribution in [0.4, 0.5) is 0 Å². The summed E-state index contributed by atoms with van der Waals surface area (Å²) in [6.45, 7) is 4.65.